The second-order valence-electron chi connectivity index (χ2n) is 5.56. The van der Waals surface area contributed by atoms with E-state index < -0.39 is 0 Å². The zero-order chi connectivity index (χ0) is 14.5. The first kappa shape index (κ1) is 15.0. The highest BCUT2D eigenvalue weighted by Gasteiger charge is 2.17. The number of rotatable bonds is 4. The fraction of sp³-hybridized carbons (Fsp3) is 0.562. The Bertz CT molecular complexity index is 447. The summed E-state index contributed by atoms with van der Waals surface area (Å²) in [5, 5.41) is 3.29. The first-order chi connectivity index (χ1) is 9.56. The fourth-order valence-corrected chi connectivity index (χ4v) is 2.54. The second kappa shape index (κ2) is 6.86. The van der Waals surface area contributed by atoms with Gasteiger partial charge in [-0.2, -0.15) is 0 Å². The van der Waals surface area contributed by atoms with Crippen LogP contribution in [0.15, 0.2) is 18.2 Å². The Morgan fingerprint density at radius 2 is 1.85 bits per heavy atom. The smallest absolute Gasteiger partial charge is 0.252 e. The van der Waals surface area contributed by atoms with Crippen LogP contribution in [0.4, 0.5) is 5.69 Å². The molecule has 0 saturated carbocycles. The minimum Gasteiger partial charge on any atom is -0.368 e. The summed E-state index contributed by atoms with van der Waals surface area (Å²) in [4.78, 5) is 13.9. The number of likely N-dealkylation sites (N-methyl/N-ethyl adjacent to an activating group) is 1. The van der Waals surface area contributed by atoms with Gasteiger partial charge in [-0.15, -0.1) is 0 Å². The van der Waals surface area contributed by atoms with Gasteiger partial charge in [0.2, 0.25) is 0 Å². The number of carbonyl (C=O) groups is 1. The normalized spacial score (nSPS) is 16.1. The van der Waals surface area contributed by atoms with Crippen molar-refractivity contribution in [2.75, 3.05) is 31.6 Å². The molecule has 2 rings (SSSR count). The van der Waals surface area contributed by atoms with Crippen molar-refractivity contribution in [3.05, 3.63) is 29.3 Å². The van der Waals surface area contributed by atoms with Gasteiger partial charge in [0, 0.05) is 12.7 Å². The SMILES string of the molecule is Cc1cc(C)cc(N(C)C(=O)COC2CCNCC2)c1. The Kier molecular flexibility index (Phi) is 5.15. The molecule has 4 heteroatoms. The van der Waals surface area contributed by atoms with Crippen LogP contribution in [0, 0.1) is 13.8 Å². The lowest BCUT2D eigenvalue weighted by molar-refractivity contribution is -0.125. The van der Waals surface area contributed by atoms with Crippen LogP contribution in [0.1, 0.15) is 24.0 Å². The molecule has 1 heterocycles. The lowest BCUT2D eigenvalue weighted by atomic mass is 10.1. The molecule has 1 fully saturated rings. The number of anilines is 1. The number of nitrogens with one attached hydrogen (secondary N) is 1. The summed E-state index contributed by atoms with van der Waals surface area (Å²) in [6.07, 6.45) is 2.19. The Morgan fingerprint density at radius 3 is 2.45 bits per heavy atom. The Hall–Kier alpha value is -1.39. The van der Waals surface area contributed by atoms with E-state index in [-0.39, 0.29) is 18.6 Å². The minimum atomic E-state index is 0.00790. The molecule has 0 spiro atoms. The van der Waals surface area contributed by atoms with Crippen LogP contribution >= 0.6 is 0 Å². The molecule has 1 saturated heterocycles. The number of amides is 1. The third kappa shape index (κ3) is 4.05. The molecule has 20 heavy (non-hydrogen) atoms. The first-order valence-corrected chi connectivity index (χ1v) is 7.23. The fourth-order valence-electron chi connectivity index (χ4n) is 2.54. The van der Waals surface area contributed by atoms with Crippen LogP contribution in [-0.2, 0) is 9.53 Å². The lowest BCUT2D eigenvalue weighted by Crippen LogP contribution is -2.36. The highest BCUT2D eigenvalue weighted by atomic mass is 16.5. The highest BCUT2D eigenvalue weighted by molar-refractivity contribution is 5.93. The number of benzene rings is 1. The molecule has 0 aromatic heterocycles. The number of hydrogen-bond donors (Lipinski definition) is 1. The molecule has 1 aromatic carbocycles. The van der Waals surface area contributed by atoms with E-state index >= 15 is 0 Å². The maximum atomic E-state index is 12.2. The molecule has 1 aliphatic heterocycles. The molecule has 1 aliphatic rings. The summed E-state index contributed by atoms with van der Waals surface area (Å²) in [6, 6.07) is 6.15. The van der Waals surface area contributed by atoms with E-state index in [9.17, 15) is 4.79 Å². The Morgan fingerprint density at radius 1 is 1.25 bits per heavy atom. The van der Waals surface area contributed by atoms with Crippen molar-refractivity contribution in [1.82, 2.24) is 5.32 Å². The average molecular weight is 276 g/mol. The average Bonchev–Trinajstić information content (AvgIpc) is 2.44. The van der Waals surface area contributed by atoms with Gasteiger partial charge in [-0.3, -0.25) is 4.79 Å². The molecule has 1 amide bonds. The number of hydrogen-bond acceptors (Lipinski definition) is 3. The van der Waals surface area contributed by atoms with Gasteiger partial charge >= 0.3 is 0 Å². The summed E-state index contributed by atoms with van der Waals surface area (Å²) in [5.41, 5.74) is 3.26. The standard InChI is InChI=1S/C16H24N2O2/c1-12-8-13(2)10-14(9-12)18(3)16(19)11-20-15-4-6-17-7-5-15/h8-10,15,17H,4-7,11H2,1-3H3. The van der Waals surface area contributed by atoms with E-state index in [2.05, 4.69) is 11.4 Å². The number of ether oxygens (including phenoxy) is 1. The quantitative estimate of drug-likeness (QED) is 0.915. The van der Waals surface area contributed by atoms with Crippen molar-refractivity contribution in [3.8, 4) is 0 Å². The predicted molar refractivity (Wildman–Crippen MR) is 81.2 cm³/mol. The maximum absolute atomic E-state index is 12.2. The first-order valence-electron chi connectivity index (χ1n) is 7.23. The molecule has 0 radical (unpaired) electrons. The predicted octanol–water partition coefficient (Wildman–Crippen LogP) is 2.03. The second-order valence-corrected chi connectivity index (χ2v) is 5.56. The number of aryl methyl sites for hydroxylation is 2. The topological polar surface area (TPSA) is 41.6 Å². The summed E-state index contributed by atoms with van der Waals surface area (Å²) < 4.78 is 5.72. The number of piperidine rings is 1. The van der Waals surface area contributed by atoms with Gasteiger partial charge in [-0.1, -0.05) is 6.07 Å². The third-order valence-corrected chi connectivity index (χ3v) is 3.70. The van der Waals surface area contributed by atoms with Crippen molar-refractivity contribution in [2.24, 2.45) is 0 Å². The van der Waals surface area contributed by atoms with Gasteiger partial charge < -0.3 is 15.0 Å². The van der Waals surface area contributed by atoms with Crippen LogP contribution in [0.5, 0.6) is 0 Å². The molecule has 0 unspecified atom stereocenters. The van der Waals surface area contributed by atoms with Crippen molar-refractivity contribution in [2.45, 2.75) is 32.8 Å². The highest BCUT2D eigenvalue weighted by Crippen LogP contribution is 2.18. The molecule has 0 atom stereocenters. The van der Waals surface area contributed by atoms with Gasteiger partial charge in [0.15, 0.2) is 0 Å². The summed E-state index contributed by atoms with van der Waals surface area (Å²) in [5.74, 6) is 0.00790. The summed E-state index contributed by atoms with van der Waals surface area (Å²) >= 11 is 0. The van der Waals surface area contributed by atoms with E-state index in [1.54, 1.807) is 4.90 Å². The van der Waals surface area contributed by atoms with Crippen molar-refractivity contribution < 1.29 is 9.53 Å². The Labute approximate surface area is 121 Å². The molecule has 4 nitrogen and oxygen atoms in total. The van der Waals surface area contributed by atoms with Crippen LogP contribution in [0.25, 0.3) is 0 Å². The number of carbonyl (C=O) groups excluding carboxylic acids is 1. The molecule has 0 bridgehead atoms. The van der Waals surface area contributed by atoms with Crippen molar-refractivity contribution in [3.63, 3.8) is 0 Å². The molecule has 0 aliphatic carbocycles. The van der Waals surface area contributed by atoms with Gasteiger partial charge in [0.1, 0.15) is 6.61 Å². The molecule has 1 aromatic rings. The number of nitrogens with zero attached hydrogens (tertiary/aromatic N) is 1. The van der Waals surface area contributed by atoms with E-state index in [1.165, 1.54) is 11.1 Å². The van der Waals surface area contributed by atoms with Crippen LogP contribution < -0.4 is 10.2 Å². The van der Waals surface area contributed by atoms with Gasteiger partial charge in [-0.05, 0) is 63.0 Å². The van der Waals surface area contributed by atoms with Crippen molar-refractivity contribution in [1.29, 1.82) is 0 Å². The molecule has 1 N–H and O–H groups in total. The zero-order valence-corrected chi connectivity index (χ0v) is 12.6. The maximum Gasteiger partial charge on any atom is 0.252 e. The van der Waals surface area contributed by atoms with Gasteiger partial charge in [0.05, 0.1) is 6.10 Å². The van der Waals surface area contributed by atoms with Gasteiger partial charge in [0.25, 0.3) is 5.91 Å². The van der Waals surface area contributed by atoms with E-state index in [0.717, 1.165) is 31.6 Å². The van der Waals surface area contributed by atoms with Crippen LogP contribution in [0.2, 0.25) is 0 Å². The third-order valence-electron chi connectivity index (χ3n) is 3.70. The molecular weight excluding hydrogens is 252 g/mol. The lowest BCUT2D eigenvalue weighted by Gasteiger charge is -2.24. The Balaban J connectivity index is 1.90. The zero-order valence-electron chi connectivity index (χ0n) is 12.6. The van der Waals surface area contributed by atoms with Crippen LogP contribution in [0.3, 0.4) is 0 Å². The molecular formula is C16H24N2O2. The van der Waals surface area contributed by atoms with E-state index in [4.69, 9.17) is 4.74 Å². The minimum absolute atomic E-state index is 0.00790. The van der Waals surface area contributed by atoms with Crippen LogP contribution in [-0.4, -0.2) is 38.8 Å². The summed E-state index contributed by atoms with van der Waals surface area (Å²) in [6.45, 7) is 6.20. The van der Waals surface area contributed by atoms with Crippen molar-refractivity contribution >= 4 is 11.6 Å². The largest absolute Gasteiger partial charge is 0.368 e. The molecule has 110 valence electrons. The summed E-state index contributed by atoms with van der Waals surface area (Å²) in [7, 11) is 1.81. The van der Waals surface area contributed by atoms with Gasteiger partial charge in [-0.25, -0.2) is 0 Å². The van der Waals surface area contributed by atoms with E-state index in [1.807, 2.05) is 33.0 Å². The monoisotopic (exact) mass is 276 g/mol. The van der Waals surface area contributed by atoms with E-state index in [0.29, 0.717) is 0 Å².